The molecule has 1 aromatic rings. The monoisotopic (exact) mass is 378 g/mol. The van der Waals surface area contributed by atoms with Crippen molar-refractivity contribution in [3.8, 4) is 0 Å². The van der Waals surface area contributed by atoms with Gasteiger partial charge >= 0.3 is 0 Å². The summed E-state index contributed by atoms with van der Waals surface area (Å²) < 4.78 is 37.7. The van der Waals surface area contributed by atoms with Crippen LogP contribution in [0.5, 0.6) is 0 Å². The first kappa shape index (κ1) is 20.9. The summed E-state index contributed by atoms with van der Waals surface area (Å²) in [5.41, 5.74) is 5.82. The molecule has 0 bridgehead atoms. The number of carbonyl (C=O) groups excluding carboxylic acids is 1. The van der Waals surface area contributed by atoms with Crippen LogP contribution in [0, 0.1) is 5.82 Å². The molecule has 1 aliphatic carbocycles. The Morgan fingerprint density at radius 1 is 1.25 bits per heavy atom. The Kier molecular flexibility index (Phi) is 7.63. The highest BCUT2D eigenvalue weighted by atomic mass is 35.5. The average Bonchev–Trinajstić information content (AvgIpc) is 2.50. The van der Waals surface area contributed by atoms with E-state index in [1.807, 2.05) is 0 Å². The first-order valence-corrected chi connectivity index (χ1v) is 9.38. The van der Waals surface area contributed by atoms with E-state index in [-0.39, 0.29) is 41.7 Å². The molecule has 24 heavy (non-hydrogen) atoms. The Hall–Kier alpha value is -1.18. The minimum absolute atomic E-state index is 0. The van der Waals surface area contributed by atoms with Crippen molar-refractivity contribution in [2.75, 3.05) is 0 Å². The van der Waals surface area contributed by atoms with Crippen LogP contribution in [0.25, 0.3) is 0 Å². The van der Waals surface area contributed by atoms with Gasteiger partial charge in [-0.1, -0.05) is 0 Å². The van der Waals surface area contributed by atoms with Crippen molar-refractivity contribution in [3.63, 3.8) is 0 Å². The predicted molar refractivity (Wildman–Crippen MR) is 93.3 cm³/mol. The van der Waals surface area contributed by atoms with Crippen molar-refractivity contribution < 1.29 is 17.6 Å². The van der Waals surface area contributed by atoms with Crippen LogP contribution in [-0.2, 0) is 14.6 Å². The normalized spacial score (nSPS) is 22.3. The largest absolute Gasteiger partial charge is 0.353 e. The average molecular weight is 379 g/mol. The van der Waals surface area contributed by atoms with Gasteiger partial charge in [0.25, 0.3) is 0 Å². The molecule has 0 radical (unpaired) electrons. The number of sulfone groups is 1. The van der Waals surface area contributed by atoms with Gasteiger partial charge in [-0.3, -0.25) is 4.79 Å². The van der Waals surface area contributed by atoms with Crippen molar-refractivity contribution in [3.05, 3.63) is 30.1 Å². The van der Waals surface area contributed by atoms with Gasteiger partial charge in [0, 0.05) is 18.5 Å². The fourth-order valence-electron chi connectivity index (χ4n) is 2.78. The van der Waals surface area contributed by atoms with Crippen LogP contribution in [0.3, 0.4) is 0 Å². The van der Waals surface area contributed by atoms with Crippen LogP contribution in [0.2, 0.25) is 0 Å². The highest BCUT2D eigenvalue weighted by Crippen LogP contribution is 2.20. The van der Waals surface area contributed by atoms with Gasteiger partial charge in [-0.05, 0) is 56.9 Å². The third-order valence-corrected chi connectivity index (χ3v) is 6.44. The highest BCUT2D eigenvalue weighted by Gasteiger charge is 2.27. The van der Waals surface area contributed by atoms with Crippen molar-refractivity contribution in [1.82, 2.24) is 5.32 Å². The molecule has 2 rings (SSSR count). The lowest BCUT2D eigenvalue weighted by Crippen LogP contribution is -2.41. The molecule has 0 saturated heterocycles. The van der Waals surface area contributed by atoms with E-state index in [4.69, 9.17) is 5.73 Å². The second-order valence-corrected chi connectivity index (χ2v) is 8.56. The third-order valence-electron chi connectivity index (χ3n) is 4.28. The van der Waals surface area contributed by atoms with Crippen LogP contribution >= 0.6 is 12.4 Å². The Morgan fingerprint density at radius 2 is 1.79 bits per heavy atom. The molecule has 1 fully saturated rings. The zero-order chi connectivity index (χ0) is 17.0. The second-order valence-electron chi connectivity index (χ2n) is 6.19. The zero-order valence-electron chi connectivity index (χ0n) is 13.6. The molecule has 3 N–H and O–H groups in total. The van der Waals surface area contributed by atoms with Crippen LogP contribution in [0.4, 0.5) is 4.39 Å². The quantitative estimate of drug-likeness (QED) is 0.768. The lowest BCUT2D eigenvalue weighted by Gasteiger charge is -2.27. The van der Waals surface area contributed by atoms with Gasteiger partial charge in [-0.2, -0.15) is 0 Å². The van der Waals surface area contributed by atoms with Crippen LogP contribution in [-0.4, -0.2) is 31.7 Å². The van der Waals surface area contributed by atoms with Gasteiger partial charge < -0.3 is 11.1 Å². The highest BCUT2D eigenvalue weighted by molar-refractivity contribution is 7.92. The molecule has 1 atom stereocenters. The van der Waals surface area contributed by atoms with E-state index in [0.29, 0.717) is 0 Å². The molecule has 1 aliphatic rings. The summed E-state index contributed by atoms with van der Waals surface area (Å²) in [6, 6.07) is 4.92. The van der Waals surface area contributed by atoms with Crippen molar-refractivity contribution in [2.24, 2.45) is 5.73 Å². The van der Waals surface area contributed by atoms with Gasteiger partial charge in [0.1, 0.15) is 5.82 Å². The third kappa shape index (κ3) is 5.43. The fourth-order valence-corrected chi connectivity index (χ4v) is 4.13. The minimum atomic E-state index is -3.65. The number of halogens is 2. The standard InChI is InChI=1S/C16H23FN2O3S.ClH/c1-11(23(21,22)15-8-2-12(17)3-9-15)10-16(20)19-14-6-4-13(18)5-7-14;/h2-3,8-9,11,13-14H,4-7,10,18H2,1H3,(H,19,20);1H. The molecule has 0 aliphatic heterocycles. The van der Waals surface area contributed by atoms with E-state index in [1.165, 1.54) is 19.1 Å². The summed E-state index contributed by atoms with van der Waals surface area (Å²) in [6.45, 7) is 1.50. The van der Waals surface area contributed by atoms with E-state index in [9.17, 15) is 17.6 Å². The number of nitrogens with two attached hydrogens (primary N) is 1. The zero-order valence-corrected chi connectivity index (χ0v) is 15.2. The van der Waals surface area contributed by atoms with Crippen LogP contribution in [0.1, 0.15) is 39.0 Å². The maximum Gasteiger partial charge on any atom is 0.221 e. The minimum Gasteiger partial charge on any atom is -0.353 e. The van der Waals surface area contributed by atoms with E-state index in [0.717, 1.165) is 37.8 Å². The molecule has 0 heterocycles. The molecular formula is C16H24ClFN2O3S. The van der Waals surface area contributed by atoms with Gasteiger partial charge in [-0.25, -0.2) is 12.8 Å². The number of amides is 1. The molecule has 5 nitrogen and oxygen atoms in total. The Balaban J connectivity index is 0.00000288. The number of nitrogens with one attached hydrogen (secondary N) is 1. The summed E-state index contributed by atoms with van der Waals surface area (Å²) >= 11 is 0. The van der Waals surface area contributed by atoms with E-state index in [1.54, 1.807) is 0 Å². The van der Waals surface area contributed by atoms with Gasteiger partial charge in [-0.15, -0.1) is 12.4 Å². The topological polar surface area (TPSA) is 89.3 Å². The van der Waals surface area contributed by atoms with Crippen molar-refractivity contribution in [1.29, 1.82) is 0 Å². The van der Waals surface area contributed by atoms with Gasteiger partial charge in [0.05, 0.1) is 10.1 Å². The summed E-state index contributed by atoms with van der Waals surface area (Å²) in [6.07, 6.45) is 3.28. The van der Waals surface area contributed by atoms with Crippen molar-refractivity contribution >= 4 is 28.2 Å². The van der Waals surface area contributed by atoms with Gasteiger partial charge in [0.15, 0.2) is 9.84 Å². The molecule has 136 valence electrons. The van der Waals surface area contributed by atoms with E-state index in [2.05, 4.69) is 5.32 Å². The van der Waals surface area contributed by atoms with Gasteiger partial charge in [0.2, 0.25) is 5.91 Å². The molecule has 0 aromatic heterocycles. The Labute approximate surface area is 148 Å². The number of hydrogen-bond acceptors (Lipinski definition) is 4. The first-order valence-electron chi connectivity index (χ1n) is 7.83. The molecule has 1 unspecified atom stereocenters. The molecule has 1 amide bonds. The smallest absolute Gasteiger partial charge is 0.221 e. The molecule has 1 saturated carbocycles. The van der Waals surface area contributed by atoms with Crippen LogP contribution in [0.15, 0.2) is 29.2 Å². The SMILES string of the molecule is CC(CC(=O)NC1CCC(N)CC1)S(=O)(=O)c1ccc(F)cc1.Cl. The summed E-state index contributed by atoms with van der Waals surface area (Å²) in [4.78, 5) is 12.1. The summed E-state index contributed by atoms with van der Waals surface area (Å²) in [5.74, 6) is -0.770. The number of benzene rings is 1. The molecule has 8 heteroatoms. The second kappa shape index (κ2) is 8.78. The van der Waals surface area contributed by atoms with Crippen molar-refractivity contribution in [2.45, 2.75) is 61.3 Å². The fraction of sp³-hybridized carbons (Fsp3) is 0.562. The maximum atomic E-state index is 12.9. The van der Waals surface area contributed by atoms with E-state index >= 15 is 0 Å². The lowest BCUT2D eigenvalue weighted by atomic mass is 9.92. The summed E-state index contributed by atoms with van der Waals surface area (Å²) in [5, 5.41) is 2.02. The molecule has 0 spiro atoms. The predicted octanol–water partition coefficient (Wildman–Crippen LogP) is 2.19. The molecular weight excluding hydrogens is 355 g/mol. The number of hydrogen-bond donors (Lipinski definition) is 2. The first-order chi connectivity index (χ1) is 10.8. The summed E-state index contributed by atoms with van der Waals surface area (Å²) in [7, 11) is -3.65. The Morgan fingerprint density at radius 3 is 2.33 bits per heavy atom. The molecule has 1 aromatic carbocycles. The number of rotatable bonds is 5. The van der Waals surface area contributed by atoms with E-state index < -0.39 is 20.9 Å². The number of carbonyl (C=O) groups is 1. The van der Waals surface area contributed by atoms with Crippen LogP contribution < -0.4 is 11.1 Å². The maximum absolute atomic E-state index is 12.9. The Bertz CT molecular complexity index is 644. The lowest BCUT2D eigenvalue weighted by molar-refractivity contribution is -0.122.